The lowest BCUT2D eigenvalue weighted by Gasteiger charge is -2.06. The first-order valence-electron chi connectivity index (χ1n) is 6.34. The number of amides is 1. The topological polar surface area (TPSA) is 64.6 Å². The first kappa shape index (κ1) is 15.0. The van der Waals surface area contributed by atoms with E-state index in [4.69, 9.17) is 9.47 Å². The molecule has 0 unspecified atom stereocenters. The summed E-state index contributed by atoms with van der Waals surface area (Å²) in [5, 5.41) is 2.64. The van der Waals surface area contributed by atoms with Crippen molar-refractivity contribution in [1.82, 2.24) is 5.32 Å². The number of esters is 1. The summed E-state index contributed by atoms with van der Waals surface area (Å²) in [6, 6.07) is 7.13. The highest BCUT2D eigenvalue weighted by Gasteiger charge is 2.05. The van der Waals surface area contributed by atoms with Gasteiger partial charge in [-0.05, 0) is 38.0 Å². The van der Waals surface area contributed by atoms with E-state index in [9.17, 15) is 9.59 Å². The fourth-order valence-corrected chi connectivity index (χ4v) is 1.51. The third-order valence-electron chi connectivity index (χ3n) is 2.42. The number of carbonyl (C=O) groups is 2. The van der Waals surface area contributed by atoms with Gasteiger partial charge in [-0.3, -0.25) is 0 Å². The fourth-order valence-electron chi connectivity index (χ4n) is 1.51. The summed E-state index contributed by atoms with van der Waals surface area (Å²) >= 11 is 0. The van der Waals surface area contributed by atoms with Gasteiger partial charge in [0, 0.05) is 6.54 Å². The lowest BCUT2D eigenvalue weighted by atomic mass is 10.1. The van der Waals surface area contributed by atoms with Gasteiger partial charge in [0.1, 0.15) is 0 Å². The average Bonchev–Trinajstić information content (AvgIpc) is 2.40. The van der Waals surface area contributed by atoms with E-state index < -0.39 is 6.09 Å². The number of hydrogen-bond donors (Lipinski definition) is 1. The van der Waals surface area contributed by atoms with E-state index in [1.807, 2.05) is 12.1 Å². The number of rotatable bonds is 6. The minimum Gasteiger partial charge on any atom is -0.462 e. The van der Waals surface area contributed by atoms with Gasteiger partial charge in [0.25, 0.3) is 0 Å². The Kier molecular flexibility index (Phi) is 6.43. The van der Waals surface area contributed by atoms with Crippen LogP contribution in [0.25, 0.3) is 0 Å². The van der Waals surface area contributed by atoms with Crippen LogP contribution in [-0.2, 0) is 15.9 Å². The first-order valence-corrected chi connectivity index (χ1v) is 6.34. The second-order valence-electron chi connectivity index (χ2n) is 3.81. The van der Waals surface area contributed by atoms with E-state index in [0.717, 1.165) is 5.56 Å². The smallest absolute Gasteiger partial charge is 0.407 e. The number of alkyl carbamates (subject to hydrolysis) is 1. The molecule has 1 aromatic carbocycles. The SMILES string of the molecule is CCOC(=O)NCCc1ccc(C(=O)OCC)cc1. The van der Waals surface area contributed by atoms with Gasteiger partial charge in [0.15, 0.2) is 0 Å². The molecule has 1 rings (SSSR count). The molecular weight excluding hydrogens is 246 g/mol. The molecule has 0 fully saturated rings. The van der Waals surface area contributed by atoms with Crippen LogP contribution < -0.4 is 5.32 Å². The first-order chi connectivity index (χ1) is 9.17. The number of ether oxygens (including phenoxy) is 2. The average molecular weight is 265 g/mol. The van der Waals surface area contributed by atoms with Gasteiger partial charge in [-0.2, -0.15) is 0 Å². The molecule has 0 aliphatic rings. The molecule has 0 radical (unpaired) electrons. The highest BCUT2D eigenvalue weighted by Crippen LogP contribution is 2.06. The van der Waals surface area contributed by atoms with Gasteiger partial charge in [-0.1, -0.05) is 12.1 Å². The van der Waals surface area contributed by atoms with Crippen LogP contribution >= 0.6 is 0 Å². The number of hydrogen-bond acceptors (Lipinski definition) is 4. The molecule has 0 saturated carbocycles. The van der Waals surface area contributed by atoms with Crippen LogP contribution in [0, 0.1) is 0 Å². The van der Waals surface area contributed by atoms with Crippen molar-refractivity contribution in [1.29, 1.82) is 0 Å². The second kappa shape index (κ2) is 8.13. The van der Waals surface area contributed by atoms with Crippen LogP contribution in [-0.4, -0.2) is 31.8 Å². The van der Waals surface area contributed by atoms with Crippen molar-refractivity contribution in [3.8, 4) is 0 Å². The van der Waals surface area contributed by atoms with E-state index in [1.165, 1.54) is 0 Å². The molecule has 1 N–H and O–H groups in total. The maximum Gasteiger partial charge on any atom is 0.407 e. The Balaban J connectivity index is 2.40. The summed E-state index contributed by atoms with van der Waals surface area (Å²) in [4.78, 5) is 22.5. The van der Waals surface area contributed by atoms with E-state index in [-0.39, 0.29) is 5.97 Å². The molecule has 0 bridgehead atoms. The summed E-state index contributed by atoms with van der Waals surface area (Å²) in [7, 11) is 0. The Morgan fingerprint density at radius 1 is 1.05 bits per heavy atom. The van der Waals surface area contributed by atoms with Crippen molar-refractivity contribution in [3.05, 3.63) is 35.4 Å². The van der Waals surface area contributed by atoms with Crippen LogP contribution in [0.2, 0.25) is 0 Å². The second-order valence-corrected chi connectivity index (χ2v) is 3.81. The number of carbonyl (C=O) groups excluding carboxylic acids is 2. The lowest BCUT2D eigenvalue weighted by molar-refractivity contribution is 0.0526. The van der Waals surface area contributed by atoms with Crippen molar-refractivity contribution in [2.24, 2.45) is 0 Å². The molecule has 1 aromatic rings. The molecule has 0 atom stereocenters. The van der Waals surface area contributed by atoms with E-state index >= 15 is 0 Å². The predicted octanol–water partition coefficient (Wildman–Crippen LogP) is 2.15. The van der Waals surface area contributed by atoms with Crippen molar-refractivity contribution >= 4 is 12.1 Å². The Labute approximate surface area is 112 Å². The van der Waals surface area contributed by atoms with Gasteiger partial charge in [0.2, 0.25) is 0 Å². The molecular formula is C14H19NO4. The number of nitrogens with one attached hydrogen (secondary N) is 1. The molecule has 0 saturated heterocycles. The third kappa shape index (κ3) is 5.42. The lowest BCUT2D eigenvalue weighted by Crippen LogP contribution is -2.26. The van der Waals surface area contributed by atoms with Gasteiger partial charge in [-0.25, -0.2) is 9.59 Å². The summed E-state index contributed by atoms with van der Waals surface area (Å²) < 4.78 is 9.64. The van der Waals surface area contributed by atoms with E-state index in [1.54, 1.807) is 26.0 Å². The van der Waals surface area contributed by atoms with Crippen LogP contribution in [0.3, 0.4) is 0 Å². The summed E-state index contributed by atoms with van der Waals surface area (Å²) in [5.41, 5.74) is 1.56. The quantitative estimate of drug-likeness (QED) is 0.800. The zero-order chi connectivity index (χ0) is 14.1. The zero-order valence-electron chi connectivity index (χ0n) is 11.3. The minimum atomic E-state index is -0.411. The molecule has 104 valence electrons. The Morgan fingerprint density at radius 3 is 2.26 bits per heavy atom. The monoisotopic (exact) mass is 265 g/mol. The summed E-state index contributed by atoms with van der Waals surface area (Å²) in [6.07, 6.45) is 0.271. The van der Waals surface area contributed by atoms with Crippen LogP contribution in [0.1, 0.15) is 29.8 Å². The maximum absolute atomic E-state index is 11.4. The van der Waals surface area contributed by atoms with Crippen molar-refractivity contribution in [2.45, 2.75) is 20.3 Å². The molecule has 1 amide bonds. The van der Waals surface area contributed by atoms with Crippen molar-refractivity contribution in [3.63, 3.8) is 0 Å². The zero-order valence-corrected chi connectivity index (χ0v) is 11.3. The van der Waals surface area contributed by atoms with Crippen LogP contribution in [0.4, 0.5) is 4.79 Å². The Morgan fingerprint density at radius 2 is 1.68 bits per heavy atom. The van der Waals surface area contributed by atoms with Gasteiger partial charge >= 0.3 is 12.1 Å². The molecule has 0 spiro atoms. The molecule has 0 heterocycles. The normalized spacial score (nSPS) is 9.79. The van der Waals surface area contributed by atoms with Crippen molar-refractivity contribution < 1.29 is 19.1 Å². The Hall–Kier alpha value is -2.04. The Bertz CT molecular complexity index is 414. The minimum absolute atomic E-state index is 0.321. The van der Waals surface area contributed by atoms with E-state index in [0.29, 0.717) is 31.7 Å². The highest BCUT2D eigenvalue weighted by molar-refractivity contribution is 5.89. The van der Waals surface area contributed by atoms with Crippen LogP contribution in [0.5, 0.6) is 0 Å². The number of benzene rings is 1. The maximum atomic E-state index is 11.4. The third-order valence-corrected chi connectivity index (χ3v) is 2.42. The largest absolute Gasteiger partial charge is 0.462 e. The molecule has 19 heavy (non-hydrogen) atoms. The van der Waals surface area contributed by atoms with Crippen LogP contribution in [0.15, 0.2) is 24.3 Å². The van der Waals surface area contributed by atoms with Crippen molar-refractivity contribution in [2.75, 3.05) is 19.8 Å². The molecule has 0 aliphatic heterocycles. The highest BCUT2D eigenvalue weighted by atomic mass is 16.5. The fraction of sp³-hybridized carbons (Fsp3) is 0.429. The van der Waals surface area contributed by atoms with Gasteiger partial charge < -0.3 is 14.8 Å². The predicted molar refractivity (Wildman–Crippen MR) is 71.1 cm³/mol. The van der Waals surface area contributed by atoms with E-state index in [2.05, 4.69) is 5.32 Å². The van der Waals surface area contributed by atoms with Gasteiger partial charge in [-0.15, -0.1) is 0 Å². The summed E-state index contributed by atoms with van der Waals surface area (Å²) in [5.74, 6) is -0.321. The molecule has 5 nitrogen and oxygen atoms in total. The molecule has 5 heteroatoms. The van der Waals surface area contributed by atoms with Gasteiger partial charge in [0.05, 0.1) is 18.8 Å². The molecule has 0 aromatic heterocycles. The standard InChI is InChI=1S/C14H19NO4/c1-3-18-13(16)12-7-5-11(6-8-12)9-10-15-14(17)19-4-2/h5-8H,3-4,9-10H2,1-2H3,(H,15,17). The molecule has 0 aliphatic carbocycles. The summed E-state index contributed by atoms with van der Waals surface area (Å²) in [6.45, 7) is 4.75.